The van der Waals surface area contributed by atoms with Gasteiger partial charge in [0.05, 0.1) is 16.7 Å². The third kappa shape index (κ3) is 3.28. The fourth-order valence-corrected chi connectivity index (χ4v) is 2.42. The molecule has 4 nitrogen and oxygen atoms in total. The lowest BCUT2D eigenvalue weighted by atomic mass is 9.78. The molecule has 0 aliphatic carbocycles. The van der Waals surface area contributed by atoms with Gasteiger partial charge in [-0.15, -0.1) is 0 Å². The van der Waals surface area contributed by atoms with Crippen molar-refractivity contribution in [3.63, 3.8) is 0 Å². The van der Waals surface area contributed by atoms with Crippen LogP contribution in [0.25, 0.3) is 0 Å². The van der Waals surface area contributed by atoms with Crippen LogP contribution in [0.4, 0.5) is 5.69 Å². The van der Waals surface area contributed by atoms with Crippen molar-refractivity contribution < 1.29 is 24.4 Å². The number of hydrogen-bond acceptors (Lipinski definition) is 4. The largest absolute Gasteiger partial charge is 0.494 e. The molecule has 3 rings (SSSR count). The molecule has 2 aliphatic rings. The summed E-state index contributed by atoms with van der Waals surface area (Å²) in [5, 5.41) is 0. The van der Waals surface area contributed by atoms with E-state index in [0.717, 1.165) is 0 Å². The molecule has 0 aromatic heterocycles. The Hall–Kier alpha value is -1.04. The van der Waals surface area contributed by atoms with E-state index < -0.39 is 51.3 Å². The minimum absolute atomic E-state index is 0.183. The molecule has 1 aromatic rings. The van der Waals surface area contributed by atoms with Gasteiger partial charge in [0.25, 0.3) is 0 Å². The fraction of sp³-hybridized carbons (Fsp3) is 0.667. The molecule has 23 heavy (non-hydrogen) atoms. The van der Waals surface area contributed by atoms with E-state index in [4.69, 9.17) is 24.4 Å². The van der Waals surface area contributed by atoms with E-state index in [1.165, 1.54) is 12.1 Å². The van der Waals surface area contributed by atoms with Gasteiger partial charge in [0.1, 0.15) is 0 Å². The van der Waals surface area contributed by atoms with Gasteiger partial charge in [-0.2, -0.15) is 0 Å². The van der Waals surface area contributed by atoms with Gasteiger partial charge >= 0.3 is 7.12 Å². The van der Waals surface area contributed by atoms with Crippen molar-refractivity contribution in [1.29, 1.82) is 0 Å². The molecule has 0 amide bonds. The maximum atomic E-state index is 8.50. The Balaban J connectivity index is 2.20. The summed E-state index contributed by atoms with van der Waals surface area (Å²) in [4.78, 5) is -0.00157. The van der Waals surface area contributed by atoms with Crippen molar-refractivity contribution in [2.75, 3.05) is 37.9 Å². The third-order valence-electron chi connectivity index (χ3n) is 4.42. The van der Waals surface area contributed by atoms with E-state index in [9.17, 15) is 0 Å². The van der Waals surface area contributed by atoms with Crippen molar-refractivity contribution in [3.8, 4) is 0 Å². The SMILES string of the molecule is [2H]C([2H])([2H])N1C([2H])([2H])C([2H])([2H])N(c2cc(C)cc(B3OC(C)(C)C(C)(C)O3)c2)C([2H])([2H])C1([2H])[2H]. The van der Waals surface area contributed by atoms with E-state index in [2.05, 4.69) is 0 Å². The van der Waals surface area contributed by atoms with Crippen LogP contribution in [0.5, 0.6) is 0 Å². The molecule has 126 valence electrons. The highest BCUT2D eigenvalue weighted by Gasteiger charge is 2.51. The van der Waals surface area contributed by atoms with Crippen molar-refractivity contribution in [1.82, 2.24) is 4.90 Å². The minimum Gasteiger partial charge on any atom is -0.399 e. The number of anilines is 1. The summed E-state index contributed by atoms with van der Waals surface area (Å²) < 4.78 is 102. The molecule has 0 atom stereocenters. The second-order valence-corrected chi connectivity index (χ2v) is 6.81. The summed E-state index contributed by atoms with van der Waals surface area (Å²) in [6.45, 7) is -7.89. The highest BCUT2D eigenvalue weighted by Crippen LogP contribution is 2.36. The monoisotopic (exact) mass is 327 g/mol. The number of hydrogen-bond donors (Lipinski definition) is 0. The Morgan fingerprint density at radius 3 is 2.22 bits per heavy atom. The molecular formula is C18H29BN2O2. The predicted molar refractivity (Wildman–Crippen MR) is 96.6 cm³/mol. The van der Waals surface area contributed by atoms with Crippen molar-refractivity contribution in [2.24, 2.45) is 0 Å². The van der Waals surface area contributed by atoms with Gasteiger partial charge in [-0.1, -0.05) is 6.07 Å². The van der Waals surface area contributed by atoms with E-state index in [0.29, 0.717) is 15.9 Å². The average Bonchev–Trinajstić information content (AvgIpc) is 2.78. The number of piperazine rings is 1. The standard InChI is InChI=1S/C18H29BN2O2/c1-14-11-15(19-22-17(2,3)18(4,5)23-19)13-16(12-14)21-9-7-20(6)8-10-21/h11-13H,7-10H2,1-6H3/i6D3,7D2,8D2,9D2,10D2. The number of aryl methyl sites for hydroxylation is 1. The van der Waals surface area contributed by atoms with Gasteiger partial charge in [0.2, 0.25) is 0 Å². The van der Waals surface area contributed by atoms with Crippen molar-refractivity contribution in [3.05, 3.63) is 23.8 Å². The van der Waals surface area contributed by atoms with E-state index >= 15 is 0 Å². The summed E-state index contributed by atoms with van der Waals surface area (Å²) >= 11 is 0. The lowest BCUT2D eigenvalue weighted by molar-refractivity contribution is 0.00578. The summed E-state index contributed by atoms with van der Waals surface area (Å²) in [7, 11) is -0.891. The Labute approximate surface area is 156 Å². The number of nitrogens with zero attached hydrogens (tertiary/aromatic N) is 2. The van der Waals surface area contributed by atoms with Crippen LogP contribution in [0.1, 0.15) is 48.3 Å². The zero-order valence-electron chi connectivity index (χ0n) is 25.0. The van der Waals surface area contributed by atoms with Gasteiger partial charge in [-0.3, -0.25) is 0 Å². The molecular weight excluding hydrogens is 287 g/mol. The first-order chi connectivity index (χ1) is 14.9. The van der Waals surface area contributed by atoms with E-state index in [1.807, 2.05) is 27.7 Å². The quantitative estimate of drug-likeness (QED) is 0.776. The van der Waals surface area contributed by atoms with Crippen LogP contribution in [0.3, 0.4) is 0 Å². The smallest absolute Gasteiger partial charge is 0.399 e. The first-order valence-corrected chi connectivity index (χ1v) is 7.49. The molecule has 2 saturated heterocycles. The molecule has 0 radical (unpaired) electrons. The predicted octanol–water partition coefficient (Wildman–Crippen LogP) is 2.05. The first kappa shape index (κ1) is 7.90. The van der Waals surface area contributed by atoms with Crippen LogP contribution < -0.4 is 10.4 Å². The fourth-order valence-electron chi connectivity index (χ4n) is 2.42. The molecule has 0 N–H and O–H groups in total. The van der Waals surface area contributed by atoms with Gasteiger partial charge in [0, 0.05) is 41.3 Å². The second kappa shape index (κ2) is 5.80. The zero-order valence-corrected chi connectivity index (χ0v) is 14.0. The van der Waals surface area contributed by atoms with E-state index in [-0.39, 0.29) is 10.6 Å². The highest BCUT2D eigenvalue weighted by atomic mass is 16.7. The summed E-state index contributed by atoms with van der Waals surface area (Å²) in [5.41, 5.74) is -0.624. The molecule has 0 saturated carbocycles. The molecule has 1 aromatic carbocycles. The molecule has 0 spiro atoms. The average molecular weight is 327 g/mol. The van der Waals surface area contributed by atoms with Crippen LogP contribution in [0, 0.1) is 6.92 Å². The van der Waals surface area contributed by atoms with Gasteiger partial charge in [-0.05, 0) is 64.8 Å². The van der Waals surface area contributed by atoms with Crippen LogP contribution in [0.15, 0.2) is 18.2 Å². The minimum atomic E-state index is -3.46. The first-order valence-electron chi connectivity index (χ1n) is 13.0. The second-order valence-electron chi connectivity index (χ2n) is 6.81. The van der Waals surface area contributed by atoms with Gasteiger partial charge in [-0.25, -0.2) is 0 Å². The lowest BCUT2D eigenvalue weighted by Crippen LogP contribution is -2.45. The number of likely N-dealkylation sites (N-methyl/N-ethyl adjacent to an activating group) is 1. The highest BCUT2D eigenvalue weighted by molar-refractivity contribution is 6.62. The van der Waals surface area contributed by atoms with Crippen molar-refractivity contribution in [2.45, 2.75) is 45.8 Å². The lowest BCUT2D eigenvalue weighted by Gasteiger charge is -2.34. The van der Waals surface area contributed by atoms with Crippen LogP contribution in [0.2, 0.25) is 0 Å². The Morgan fingerprint density at radius 2 is 1.65 bits per heavy atom. The van der Waals surface area contributed by atoms with Crippen LogP contribution >= 0.6 is 0 Å². The summed E-state index contributed by atoms with van der Waals surface area (Å²) in [6.07, 6.45) is 0. The summed E-state index contributed by atoms with van der Waals surface area (Å²) in [5.74, 6) is 0. The normalized spacial score (nSPS) is 40.7. The van der Waals surface area contributed by atoms with E-state index in [1.54, 1.807) is 13.0 Å². The zero-order chi connectivity index (χ0) is 26.5. The molecule has 5 heteroatoms. The van der Waals surface area contributed by atoms with Gasteiger partial charge < -0.3 is 19.1 Å². The van der Waals surface area contributed by atoms with Crippen LogP contribution in [-0.4, -0.2) is 56.2 Å². The van der Waals surface area contributed by atoms with Crippen molar-refractivity contribution >= 4 is 18.3 Å². The Kier molecular flexibility index (Phi) is 1.99. The number of rotatable bonds is 2. The molecule has 2 heterocycles. The van der Waals surface area contributed by atoms with Gasteiger partial charge in [0.15, 0.2) is 0 Å². The Bertz CT molecular complexity index is 937. The molecule has 0 unspecified atom stereocenters. The topological polar surface area (TPSA) is 24.9 Å². The summed E-state index contributed by atoms with van der Waals surface area (Å²) in [6, 6.07) is 4.42. The maximum Gasteiger partial charge on any atom is 0.494 e. The molecule has 2 aliphatic heterocycles. The Morgan fingerprint density at radius 1 is 1.04 bits per heavy atom. The maximum absolute atomic E-state index is 8.50. The molecule has 0 bridgehead atoms. The molecule has 2 fully saturated rings. The third-order valence-corrected chi connectivity index (χ3v) is 4.42. The number of benzene rings is 1. The van der Waals surface area contributed by atoms with Crippen LogP contribution in [-0.2, 0) is 9.31 Å².